The van der Waals surface area contributed by atoms with Gasteiger partial charge in [-0.25, -0.2) is 4.98 Å². The van der Waals surface area contributed by atoms with E-state index in [1.165, 1.54) is 0 Å². The number of carbonyl (C=O) groups excluding carboxylic acids is 1. The zero-order chi connectivity index (χ0) is 18.2. The largest absolute Gasteiger partial charge is 0.492 e. The molecule has 132 valence electrons. The lowest BCUT2D eigenvalue weighted by Crippen LogP contribution is -2.24. The van der Waals surface area contributed by atoms with Crippen molar-refractivity contribution >= 4 is 17.3 Å². The molecule has 0 unspecified atom stereocenters. The molecule has 0 spiro atoms. The monoisotopic (exact) mass is 348 g/mol. The van der Waals surface area contributed by atoms with Gasteiger partial charge in [0.1, 0.15) is 11.4 Å². The molecule has 0 aliphatic carbocycles. The summed E-state index contributed by atoms with van der Waals surface area (Å²) in [6, 6.07) is 16.7. The minimum atomic E-state index is -0.239. The quantitative estimate of drug-likeness (QED) is 0.683. The van der Waals surface area contributed by atoms with Gasteiger partial charge in [0.2, 0.25) is 0 Å². The average Bonchev–Trinajstić information content (AvgIpc) is 2.69. The molecular formula is C20H20N4O2. The number of nitrogens with one attached hydrogen (secondary N) is 2. The molecule has 0 atom stereocenters. The molecule has 26 heavy (non-hydrogen) atoms. The van der Waals surface area contributed by atoms with Gasteiger partial charge in [-0.2, -0.15) is 0 Å². The highest BCUT2D eigenvalue weighted by Gasteiger charge is 2.08. The molecular weight excluding hydrogens is 328 g/mol. The van der Waals surface area contributed by atoms with E-state index >= 15 is 0 Å². The predicted molar refractivity (Wildman–Crippen MR) is 101 cm³/mol. The van der Waals surface area contributed by atoms with E-state index < -0.39 is 0 Å². The van der Waals surface area contributed by atoms with Crippen molar-refractivity contribution in [3.8, 4) is 5.75 Å². The molecule has 0 saturated carbocycles. The molecule has 3 rings (SSSR count). The van der Waals surface area contributed by atoms with Crippen LogP contribution in [0.1, 0.15) is 23.1 Å². The Morgan fingerprint density at radius 1 is 1.04 bits per heavy atom. The molecule has 0 aliphatic rings. The second kappa shape index (κ2) is 8.62. The third-order valence-corrected chi connectivity index (χ3v) is 3.62. The first-order valence-corrected chi connectivity index (χ1v) is 8.39. The van der Waals surface area contributed by atoms with Crippen molar-refractivity contribution in [1.82, 2.24) is 15.3 Å². The Bertz CT molecular complexity index is 851. The van der Waals surface area contributed by atoms with Crippen LogP contribution in [0.5, 0.6) is 5.75 Å². The smallest absolute Gasteiger partial charge is 0.270 e. The van der Waals surface area contributed by atoms with Crippen molar-refractivity contribution in [2.45, 2.75) is 13.5 Å². The summed E-state index contributed by atoms with van der Waals surface area (Å²) in [5.74, 6) is 0.532. The second-order valence-corrected chi connectivity index (χ2v) is 5.49. The van der Waals surface area contributed by atoms with Crippen LogP contribution >= 0.6 is 0 Å². The molecule has 1 amide bonds. The van der Waals surface area contributed by atoms with E-state index in [1.54, 1.807) is 18.5 Å². The maximum Gasteiger partial charge on any atom is 0.270 e. The number of amides is 1. The number of benzene rings is 1. The SMILES string of the molecule is CCOc1ccccc1Nc1ccc(C(=O)NCc2ccccn2)nc1. The standard InChI is InChI=1S/C20H20N4O2/c1-2-26-19-9-4-3-8-17(19)24-16-10-11-18(22-14-16)20(25)23-13-15-7-5-6-12-21-15/h3-12,14,24H,2,13H2,1H3,(H,23,25). The number of carbonyl (C=O) groups is 1. The normalized spacial score (nSPS) is 10.2. The summed E-state index contributed by atoms with van der Waals surface area (Å²) < 4.78 is 5.59. The van der Waals surface area contributed by atoms with Crippen LogP contribution in [0.15, 0.2) is 67.0 Å². The summed E-state index contributed by atoms with van der Waals surface area (Å²) in [5.41, 5.74) is 2.78. The molecule has 2 heterocycles. The van der Waals surface area contributed by atoms with E-state index in [9.17, 15) is 4.79 Å². The van der Waals surface area contributed by atoms with Crippen LogP contribution in [-0.4, -0.2) is 22.5 Å². The Kier molecular flexibility index (Phi) is 5.77. The molecule has 2 N–H and O–H groups in total. The summed E-state index contributed by atoms with van der Waals surface area (Å²) in [7, 11) is 0. The van der Waals surface area contributed by atoms with Crippen LogP contribution in [0.4, 0.5) is 11.4 Å². The van der Waals surface area contributed by atoms with Crippen molar-refractivity contribution in [3.63, 3.8) is 0 Å². The van der Waals surface area contributed by atoms with E-state index in [0.717, 1.165) is 22.8 Å². The molecule has 6 nitrogen and oxygen atoms in total. The lowest BCUT2D eigenvalue weighted by molar-refractivity contribution is 0.0945. The van der Waals surface area contributed by atoms with Crippen LogP contribution in [-0.2, 0) is 6.54 Å². The number of rotatable bonds is 7. The zero-order valence-corrected chi connectivity index (χ0v) is 14.5. The molecule has 1 aromatic carbocycles. The predicted octanol–water partition coefficient (Wildman–Crippen LogP) is 3.55. The average molecular weight is 348 g/mol. The number of anilines is 2. The fourth-order valence-corrected chi connectivity index (χ4v) is 2.37. The van der Waals surface area contributed by atoms with Gasteiger partial charge in [-0.3, -0.25) is 9.78 Å². The third-order valence-electron chi connectivity index (χ3n) is 3.62. The number of nitrogens with zero attached hydrogens (tertiary/aromatic N) is 2. The number of para-hydroxylation sites is 2. The zero-order valence-electron chi connectivity index (χ0n) is 14.5. The second-order valence-electron chi connectivity index (χ2n) is 5.49. The van der Waals surface area contributed by atoms with E-state index in [0.29, 0.717) is 18.8 Å². The highest BCUT2D eigenvalue weighted by Crippen LogP contribution is 2.27. The number of hydrogen-bond donors (Lipinski definition) is 2. The number of ether oxygens (including phenoxy) is 1. The topological polar surface area (TPSA) is 76.1 Å². The number of pyridine rings is 2. The summed E-state index contributed by atoms with van der Waals surface area (Å²) in [6.07, 6.45) is 3.32. The maximum atomic E-state index is 12.2. The van der Waals surface area contributed by atoms with Gasteiger partial charge in [0.25, 0.3) is 5.91 Å². The molecule has 0 bridgehead atoms. The Morgan fingerprint density at radius 2 is 1.88 bits per heavy atom. The molecule has 0 saturated heterocycles. The Hall–Kier alpha value is -3.41. The minimum Gasteiger partial charge on any atom is -0.492 e. The van der Waals surface area contributed by atoms with E-state index in [4.69, 9.17) is 4.74 Å². The molecule has 0 radical (unpaired) electrons. The summed E-state index contributed by atoms with van der Waals surface area (Å²) in [6.45, 7) is 2.89. The van der Waals surface area contributed by atoms with Crippen LogP contribution in [0.3, 0.4) is 0 Å². The van der Waals surface area contributed by atoms with Crippen molar-refractivity contribution in [3.05, 3.63) is 78.4 Å². The Morgan fingerprint density at radius 3 is 2.62 bits per heavy atom. The van der Waals surface area contributed by atoms with Gasteiger partial charge < -0.3 is 15.4 Å². The first kappa shape index (κ1) is 17.4. The molecule has 3 aromatic rings. The van der Waals surface area contributed by atoms with Gasteiger partial charge in [-0.05, 0) is 43.3 Å². The van der Waals surface area contributed by atoms with Gasteiger partial charge in [-0.1, -0.05) is 18.2 Å². The fourth-order valence-electron chi connectivity index (χ4n) is 2.37. The highest BCUT2D eigenvalue weighted by molar-refractivity contribution is 5.92. The summed E-state index contributed by atoms with van der Waals surface area (Å²) in [4.78, 5) is 20.6. The number of hydrogen-bond acceptors (Lipinski definition) is 5. The lowest BCUT2D eigenvalue weighted by atomic mass is 10.2. The van der Waals surface area contributed by atoms with Gasteiger partial charge in [0.05, 0.1) is 36.4 Å². The first-order chi connectivity index (χ1) is 12.8. The Balaban J connectivity index is 1.62. The van der Waals surface area contributed by atoms with Gasteiger partial charge in [0, 0.05) is 6.20 Å². The van der Waals surface area contributed by atoms with Crippen molar-refractivity contribution in [2.75, 3.05) is 11.9 Å². The molecule has 6 heteroatoms. The van der Waals surface area contributed by atoms with Crippen LogP contribution < -0.4 is 15.4 Å². The van der Waals surface area contributed by atoms with Crippen LogP contribution in [0, 0.1) is 0 Å². The lowest BCUT2D eigenvalue weighted by Gasteiger charge is -2.12. The Labute approximate surface area is 152 Å². The summed E-state index contributed by atoms with van der Waals surface area (Å²) >= 11 is 0. The van der Waals surface area contributed by atoms with E-state index in [-0.39, 0.29) is 5.91 Å². The molecule has 0 aliphatic heterocycles. The van der Waals surface area contributed by atoms with Crippen molar-refractivity contribution in [1.29, 1.82) is 0 Å². The van der Waals surface area contributed by atoms with Crippen molar-refractivity contribution in [2.24, 2.45) is 0 Å². The van der Waals surface area contributed by atoms with Crippen molar-refractivity contribution < 1.29 is 9.53 Å². The maximum absolute atomic E-state index is 12.2. The fraction of sp³-hybridized carbons (Fsp3) is 0.150. The highest BCUT2D eigenvalue weighted by atomic mass is 16.5. The van der Waals surface area contributed by atoms with Gasteiger partial charge >= 0.3 is 0 Å². The molecule has 0 fully saturated rings. The van der Waals surface area contributed by atoms with E-state index in [2.05, 4.69) is 20.6 Å². The van der Waals surface area contributed by atoms with Crippen LogP contribution in [0.25, 0.3) is 0 Å². The number of aromatic nitrogens is 2. The third kappa shape index (κ3) is 4.57. The van der Waals surface area contributed by atoms with Gasteiger partial charge in [-0.15, -0.1) is 0 Å². The van der Waals surface area contributed by atoms with Crippen LogP contribution in [0.2, 0.25) is 0 Å². The first-order valence-electron chi connectivity index (χ1n) is 8.39. The molecule has 2 aromatic heterocycles. The summed E-state index contributed by atoms with van der Waals surface area (Å²) in [5, 5.41) is 6.06. The van der Waals surface area contributed by atoms with E-state index in [1.807, 2.05) is 55.5 Å². The van der Waals surface area contributed by atoms with Gasteiger partial charge in [0.15, 0.2) is 0 Å². The minimum absolute atomic E-state index is 0.239.